The molecule has 0 aliphatic heterocycles. The zero-order chi connectivity index (χ0) is 21.4. The van der Waals surface area contributed by atoms with E-state index in [9.17, 15) is 8.42 Å². The second kappa shape index (κ2) is 10.5. The van der Waals surface area contributed by atoms with Gasteiger partial charge in [-0.2, -0.15) is 0 Å². The van der Waals surface area contributed by atoms with Crippen LogP contribution in [0.1, 0.15) is 79.7 Å². The molecule has 162 valence electrons. The lowest BCUT2D eigenvalue weighted by molar-refractivity contribution is 0.0952. The molecule has 0 atom stereocenters. The summed E-state index contributed by atoms with van der Waals surface area (Å²) in [7, 11) is -3.12. The second-order valence-corrected chi connectivity index (χ2v) is 10.6. The molecule has 28 heavy (non-hydrogen) atoms. The summed E-state index contributed by atoms with van der Waals surface area (Å²) < 4.78 is 38.1. The molecule has 0 saturated heterocycles. The normalized spacial score (nSPS) is 12.8. The molecular weight excluding hydrogens is 374 g/mol. The number of aryl methyl sites for hydroxylation is 1. The summed E-state index contributed by atoms with van der Waals surface area (Å²) in [6.07, 6.45) is 4.32. The van der Waals surface area contributed by atoms with Crippen LogP contribution in [-0.4, -0.2) is 31.9 Å². The Labute approximate surface area is 172 Å². The fraction of sp³-hybridized carbons (Fsp3) is 0.727. The number of nitrogens with one attached hydrogen (secondary N) is 1. The minimum absolute atomic E-state index is 0.118. The molecule has 0 unspecified atom stereocenters. The number of hydrogen-bond donors (Lipinski definition) is 1. The molecule has 1 aromatic rings. The molecule has 6 heteroatoms. The first-order valence-electron chi connectivity index (χ1n) is 10.4. The van der Waals surface area contributed by atoms with Gasteiger partial charge in [0.25, 0.3) is 0 Å². The van der Waals surface area contributed by atoms with E-state index < -0.39 is 10.0 Å². The van der Waals surface area contributed by atoms with Gasteiger partial charge in [0.2, 0.25) is 10.0 Å². The van der Waals surface area contributed by atoms with Gasteiger partial charge in [0.05, 0.1) is 5.75 Å². The Morgan fingerprint density at radius 1 is 0.929 bits per heavy atom. The van der Waals surface area contributed by atoms with E-state index in [0.29, 0.717) is 6.54 Å². The number of unbranched alkanes of at least 4 members (excludes halogenated alkanes) is 1. The molecule has 5 nitrogen and oxygen atoms in total. The average molecular weight is 414 g/mol. The maximum absolute atomic E-state index is 11.5. The lowest BCUT2D eigenvalue weighted by atomic mass is 10.0. The molecule has 0 aliphatic carbocycles. The van der Waals surface area contributed by atoms with Crippen LogP contribution in [0.2, 0.25) is 0 Å². The Balaban J connectivity index is 2.85. The topological polar surface area (TPSA) is 64.6 Å². The predicted molar refractivity (Wildman–Crippen MR) is 117 cm³/mol. The molecule has 0 spiro atoms. The van der Waals surface area contributed by atoms with Crippen molar-refractivity contribution in [2.75, 3.05) is 12.3 Å². The molecule has 0 aliphatic rings. The first kappa shape index (κ1) is 24.8. The van der Waals surface area contributed by atoms with Crippen molar-refractivity contribution in [2.45, 2.75) is 91.8 Å². The minimum Gasteiger partial charge on any atom is -0.488 e. The van der Waals surface area contributed by atoms with Gasteiger partial charge in [-0.25, -0.2) is 13.1 Å². The standard InChI is InChI=1S/C22H39NO4S/c1-8-21(4,5)26-19-15-14-18(20(17-19)27-22(6,7)9-2)13-11-12-16-23-28(24,25)10-3/h14-15,17,23H,8-13,16H2,1-7H3. The van der Waals surface area contributed by atoms with E-state index >= 15 is 0 Å². The van der Waals surface area contributed by atoms with Crippen molar-refractivity contribution >= 4 is 10.0 Å². The molecule has 0 amide bonds. The Hall–Kier alpha value is -1.27. The number of sulfonamides is 1. The highest BCUT2D eigenvalue weighted by Crippen LogP contribution is 2.32. The van der Waals surface area contributed by atoms with Gasteiger partial charge >= 0.3 is 0 Å². The van der Waals surface area contributed by atoms with Crippen LogP contribution < -0.4 is 14.2 Å². The fourth-order valence-corrected chi connectivity index (χ4v) is 3.09. The second-order valence-electron chi connectivity index (χ2n) is 8.46. The van der Waals surface area contributed by atoms with E-state index in [1.165, 1.54) is 0 Å². The molecule has 1 rings (SSSR count). The van der Waals surface area contributed by atoms with Gasteiger partial charge in [0.1, 0.15) is 22.7 Å². The molecule has 0 radical (unpaired) electrons. The van der Waals surface area contributed by atoms with Gasteiger partial charge in [0.15, 0.2) is 0 Å². The van der Waals surface area contributed by atoms with Crippen LogP contribution in [0, 0.1) is 0 Å². The lowest BCUT2D eigenvalue weighted by Crippen LogP contribution is -2.28. The summed E-state index contributed by atoms with van der Waals surface area (Å²) in [5.74, 6) is 1.78. The Bertz CT molecular complexity index is 711. The van der Waals surface area contributed by atoms with Crippen LogP contribution in [0.3, 0.4) is 0 Å². The van der Waals surface area contributed by atoms with Crippen molar-refractivity contribution < 1.29 is 17.9 Å². The maximum atomic E-state index is 11.5. The maximum Gasteiger partial charge on any atom is 0.211 e. The zero-order valence-electron chi connectivity index (χ0n) is 18.7. The van der Waals surface area contributed by atoms with E-state index in [4.69, 9.17) is 9.47 Å². The number of benzene rings is 1. The molecule has 1 aromatic carbocycles. The number of hydrogen-bond acceptors (Lipinski definition) is 4. The Morgan fingerprint density at radius 2 is 1.54 bits per heavy atom. The highest BCUT2D eigenvalue weighted by molar-refractivity contribution is 7.89. The zero-order valence-corrected chi connectivity index (χ0v) is 19.5. The monoisotopic (exact) mass is 413 g/mol. The first-order valence-corrected chi connectivity index (χ1v) is 12.1. The van der Waals surface area contributed by atoms with Gasteiger partial charge in [-0.3, -0.25) is 0 Å². The lowest BCUT2D eigenvalue weighted by Gasteiger charge is -2.29. The smallest absolute Gasteiger partial charge is 0.211 e. The van der Waals surface area contributed by atoms with Crippen LogP contribution in [0.15, 0.2) is 18.2 Å². The van der Waals surface area contributed by atoms with E-state index in [1.54, 1.807) is 6.92 Å². The highest BCUT2D eigenvalue weighted by atomic mass is 32.2. The van der Waals surface area contributed by atoms with Crippen LogP contribution in [-0.2, 0) is 16.4 Å². The average Bonchev–Trinajstić information content (AvgIpc) is 2.62. The molecule has 0 fully saturated rings. The van der Waals surface area contributed by atoms with Gasteiger partial charge in [-0.15, -0.1) is 0 Å². The van der Waals surface area contributed by atoms with Crippen LogP contribution >= 0.6 is 0 Å². The van der Waals surface area contributed by atoms with Crippen molar-refractivity contribution in [1.82, 2.24) is 4.72 Å². The van der Waals surface area contributed by atoms with E-state index in [1.807, 2.05) is 12.1 Å². The first-order chi connectivity index (χ1) is 12.9. The number of ether oxygens (including phenoxy) is 2. The van der Waals surface area contributed by atoms with Crippen molar-refractivity contribution in [3.63, 3.8) is 0 Å². The molecule has 0 aromatic heterocycles. The summed E-state index contributed by atoms with van der Waals surface area (Å²) in [4.78, 5) is 0. The van der Waals surface area contributed by atoms with Crippen LogP contribution in [0.25, 0.3) is 0 Å². The van der Waals surface area contributed by atoms with E-state index in [2.05, 4.69) is 52.3 Å². The van der Waals surface area contributed by atoms with Gasteiger partial charge in [-0.05, 0) is 78.4 Å². The van der Waals surface area contributed by atoms with E-state index in [-0.39, 0.29) is 17.0 Å². The summed E-state index contributed by atoms with van der Waals surface area (Å²) in [5, 5.41) is 0. The third-order valence-corrected chi connectivity index (χ3v) is 6.50. The summed E-state index contributed by atoms with van der Waals surface area (Å²) in [6.45, 7) is 14.7. The SMILES string of the molecule is CCC(C)(C)Oc1ccc(CCCCNS(=O)(=O)CC)c(OC(C)(C)CC)c1. The van der Waals surface area contributed by atoms with Crippen molar-refractivity contribution in [3.05, 3.63) is 23.8 Å². The highest BCUT2D eigenvalue weighted by Gasteiger charge is 2.21. The van der Waals surface area contributed by atoms with Gasteiger partial charge in [0, 0.05) is 12.6 Å². The van der Waals surface area contributed by atoms with Crippen LogP contribution in [0.4, 0.5) is 0 Å². The van der Waals surface area contributed by atoms with E-state index in [0.717, 1.165) is 49.2 Å². The molecule has 1 N–H and O–H groups in total. The van der Waals surface area contributed by atoms with Gasteiger partial charge in [-0.1, -0.05) is 19.9 Å². The molecular formula is C22H39NO4S. The Morgan fingerprint density at radius 3 is 2.11 bits per heavy atom. The predicted octanol–water partition coefficient (Wildman–Crippen LogP) is 5.08. The number of rotatable bonds is 13. The Kier molecular flexibility index (Phi) is 9.28. The van der Waals surface area contributed by atoms with Crippen molar-refractivity contribution in [2.24, 2.45) is 0 Å². The summed E-state index contributed by atoms with van der Waals surface area (Å²) in [5.41, 5.74) is 0.640. The van der Waals surface area contributed by atoms with Crippen molar-refractivity contribution in [3.8, 4) is 11.5 Å². The largest absolute Gasteiger partial charge is 0.488 e. The third-order valence-electron chi connectivity index (χ3n) is 5.10. The summed E-state index contributed by atoms with van der Waals surface area (Å²) >= 11 is 0. The quantitative estimate of drug-likeness (QED) is 0.458. The van der Waals surface area contributed by atoms with Crippen LogP contribution in [0.5, 0.6) is 11.5 Å². The minimum atomic E-state index is -3.12. The third kappa shape index (κ3) is 8.82. The molecule has 0 saturated carbocycles. The molecule has 0 bridgehead atoms. The summed E-state index contributed by atoms with van der Waals surface area (Å²) in [6, 6.07) is 6.06. The molecule has 0 heterocycles. The van der Waals surface area contributed by atoms with Crippen molar-refractivity contribution in [1.29, 1.82) is 0 Å². The fourth-order valence-electron chi connectivity index (χ4n) is 2.43. The van der Waals surface area contributed by atoms with Gasteiger partial charge < -0.3 is 9.47 Å².